The minimum Gasteiger partial charge on any atom is -0.359 e. The Bertz CT molecular complexity index is 719. The summed E-state index contributed by atoms with van der Waals surface area (Å²) >= 11 is 0. The summed E-state index contributed by atoms with van der Waals surface area (Å²) in [6, 6.07) is 6.08. The molecule has 0 spiro atoms. The average Bonchev–Trinajstić information content (AvgIpc) is 3.06. The monoisotopic (exact) mass is 478 g/mol. The van der Waals surface area contributed by atoms with Crippen LogP contribution in [0, 0.1) is 11.6 Å². The Morgan fingerprint density at radius 2 is 2.04 bits per heavy atom. The van der Waals surface area contributed by atoms with E-state index in [2.05, 4.69) is 20.8 Å². The molecule has 0 saturated heterocycles. The van der Waals surface area contributed by atoms with Gasteiger partial charge in [-0.05, 0) is 30.9 Å². The van der Waals surface area contributed by atoms with Gasteiger partial charge in [0, 0.05) is 19.2 Å². The summed E-state index contributed by atoms with van der Waals surface area (Å²) in [6.45, 7) is 7.51. The molecule has 144 valence electrons. The van der Waals surface area contributed by atoms with E-state index >= 15 is 0 Å². The van der Waals surface area contributed by atoms with Crippen molar-refractivity contribution in [1.82, 2.24) is 15.8 Å². The van der Waals surface area contributed by atoms with Gasteiger partial charge in [0.1, 0.15) is 6.54 Å². The highest BCUT2D eigenvalue weighted by molar-refractivity contribution is 14.0. The lowest BCUT2D eigenvalue weighted by atomic mass is 10.1. The number of halogens is 3. The van der Waals surface area contributed by atoms with Crippen molar-refractivity contribution in [3.05, 3.63) is 52.9 Å². The van der Waals surface area contributed by atoms with E-state index in [-0.39, 0.29) is 24.0 Å². The highest BCUT2D eigenvalue weighted by atomic mass is 127. The predicted molar refractivity (Wildman–Crippen MR) is 109 cm³/mol. The molecule has 1 heterocycles. The molecule has 1 aromatic heterocycles. The van der Waals surface area contributed by atoms with Crippen molar-refractivity contribution < 1.29 is 13.3 Å². The third-order valence-corrected chi connectivity index (χ3v) is 3.62. The smallest absolute Gasteiger partial charge is 0.191 e. The minimum absolute atomic E-state index is 0. The Balaban J connectivity index is 0.00000338. The van der Waals surface area contributed by atoms with Gasteiger partial charge in [0.25, 0.3) is 0 Å². The van der Waals surface area contributed by atoms with E-state index in [1.807, 2.05) is 26.8 Å². The Hall–Kier alpha value is -1.71. The zero-order chi connectivity index (χ0) is 18.2. The van der Waals surface area contributed by atoms with Gasteiger partial charge in [-0.3, -0.25) is 0 Å². The highest BCUT2D eigenvalue weighted by Crippen LogP contribution is 2.14. The van der Waals surface area contributed by atoms with Crippen LogP contribution in [0.25, 0.3) is 0 Å². The molecule has 1 aromatic carbocycles. The maximum absolute atomic E-state index is 13.6. The first-order valence-electron chi connectivity index (χ1n) is 8.41. The maximum Gasteiger partial charge on any atom is 0.191 e. The van der Waals surface area contributed by atoms with Gasteiger partial charge in [0.2, 0.25) is 0 Å². The summed E-state index contributed by atoms with van der Waals surface area (Å²) in [6.07, 6.45) is 0.355. The van der Waals surface area contributed by atoms with E-state index in [0.717, 1.165) is 11.8 Å². The van der Waals surface area contributed by atoms with Crippen LogP contribution in [0.5, 0.6) is 0 Å². The number of nitrogens with one attached hydrogen (secondary N) is 2. The van der Waals surface area contributed by atoms with Crippen LogP contribution < -0.4 is 10.6 Å². The summed E-state index contributed by atoms with van der Waals surface area (Å²) in [5, 5.41) is 10.2. The van der Waals surface area contributed by atoms with Gasteiger partial charge < -0.3 is 15.2 Å². The molecular weight excluding hydrogens is 453 g/mol. The van der Waals surface area contributed by atoms with E-state index in [0.29, 0.717) is 49.3 Å². The molecule has 0 aliphatic carbocycles. The molecule has 0 unspecified atom stereocenters. The van der Waals surface area contributed by atoms with Crippen molar-refractivity contribution in [2.24, 2.45) is 4.99 Å². The molecule has 5 nitrogen and oxygen atoms in total. The zero-order valence-corrected chi connectivity index (χ0v) is 17.5. The van der Waals surface area contributed by atoms with Gasteiger partial charge in [0.15, 0.2) is 23.4 Å². The fraction of sp³-hybridized carbons (Fsp3) is 0.444. The first kappa shape index (κ1) is 22.3. The third kappa shape index (κ3) is 6.54. The van der Waals surface area contributed by atoms with Crippen LogP contribution in [0.3, 0.4) is 0 Å². The quantitative estimate of drug-likeness (QED) is 0.359. The fourth-order valence-corrected chi connectivity index (χ4v) is 2.23. The topological polar surface area (TPSA) is 62.5 Å². The molecular formula is C18H25F2IN4O. The van der Waals surface area contributed by atoms with E-state index in [4.69, 9.17) is 4.52 Å². The lowest BCUT2D eigenvalue weighted by Gasteiger charge is -2.11. The van der Waals surface area contributed by atoms with Crippen LogP contribution in [0.1, 0.15) is 43.7 Å². The zero-order valence-electron chi connectivity index (χ0n) is 15.2. The van der Waals surface area contributed by atoms with E-state index in [9.17, 15) is 8.78 Å². The molecule has 2 N–H and O–H groups in total. The first-order chi connectivity index (χ1) is 12.0. The number of benzene rings is 1. The van der Waals surface area contributed by atoms with Crippen molar-refractivity contribution in [2.75, 3.05) is 13.1 Å². The Morgan fingerprint density at radius 3 is 2.69 bits per heavy atom. The van der Waals surface area contributed by atoms with Crippen LogP contribution in [-0.2, 0) is 13.0 Å². The molecule has 0 aliphatic heterocycles. The predicted octanol–water partition coefficient (Wildman–Crippen LogP) is 3.99. The number of aliphatic imine (C=N–C) groups is 1. The largest absolute Gasteiger partial charge is 0.359 e. The second-order valence-corrected chi connectivity index (χ2v) is 5.96. The SMILES string of the molecule is CCNC(=NCc1cc(C(C)C)no1)NCCc1cccc(F)c1F.I. The lowest BCUT2D eigenvalue weighted by molar-refractivity contribution is 0.376. The Labute approximate surface area is 169 Å². The van der Waals surface area contributed by atoms with Crippen LogP contribution in [0.15, 0.2) is 33.8 Å². The number of hydrogen-bond donors (Lipinski definition) is 2. The summed E-state index contributed by atoms with van der Waals surface area (Å²) in [7, 11) is 0. The normalized spacial score (nSPS) is 11.4. The number of guanidine groups is 1. The van der Waals surface area contributed by atoms with Gasteiger partial charge in [0.05, 0.1) is 5.69 Å². The van der Waals surface area contributed by atoms with Crippen LogP contribution >= 0.6 is 24.0 Å². The summed E-state index contributed by atoms with van der Waals surface area (Å²) in [4.78, 5) is 4.42. The van der Waals surface area contributed by atoms with Crippen LogP contribution in [-0.4, -0.2) is 24.2 Å². The Kier molecular flexibility index (Phi) is 9.53. The van der Waals surface area contributed by atoms with Gasteiger partial charge in [-0.15, -0.1) is 24.0 Å². The maximum atomic E-state index is 13.6. The lowest BCUT2D eigenvalue weighted by Crippen LogP contribution is -2.38. The number of aromatic nitrogens is 1. The van der Waals surface area contributed by atoms with Crippen molar-refractivity contribution in [1.29, 1.82) is 0 Å². The van der Waals surface area contributed by atoms with E-state index in [1.54, 1.807) is 6.07 Å². The van der Waals surface area contributed by atoms with Crippen molar-refractivity contribution >= 4 is 29.9 Å². The van der Waals surface area contributed by atoms with Gasteiger partial charge in [-0.1, -0.05) is 31.1 Å². The molecule has 26 heavy (non-hydrogen) atoms. The second kappa shape index (κ2) is 11.1. The molecule has 8 heteroatoms. The number of hydrogen-bond acceptors (Lipinski definition) is 3. The highest BCUT2D eigenvalue weighted by Gasteiger charge is 2.09. The molecule has 0 radical (unpaired) electrons. The van der Waals surface area contributed by atoms with E-state index < -0.39 is 11.6 Å². The molecule has 0 amide bonds. The number of nitrogens with zero attached hydrogens (tertiary/aromatic N) is 2. The number of rotatable bonds is 7. The summed E-state index contributed by atoms with van der Waals surface area (Å²) in [5.41, 5.74) is 1.23. The molecule has 0 fully saturated rings. The van der Waals surface area contributed by atoms with Crippen LogP contribution in [0.4, 0.5) is 8.78 Å². The average molecular weight is 478 g/mol. The minimum atomic E-state index is -0.829. The molecule has 0 bridgehead atoms. The molecule has 0 atom stereocenters. The third-order valence-electron chi connectivity index (χ3n) is 3.62. The van der Waals surface area contributed by atoms with Gasteiger partial charge in [-0.2, -0.15) is 0 Å². The van der Waals surface area contributed by atoms with Crippen molar-refractivity contribution in [3.63, 3.8) is 0 Å². The second-order valence-electron chi connectivity index (χ2n) is 5.96. The summed E-state index contributed by atoms with van der Waals surface area (Å²) in [5.74, 6) is -0.0636. The van der Waals surface area contributed by atoms with Crippen molar-refractivity contribution in [3.8, 4) is 0 Å². The molecule has 2 aromatic rings. The summed E-state index contributed by atoms with van der Waals surface area (Å²) < 4.78 is 32.1. The first-order valence-corrected chi connectivity index (χ1v) is 8.41. The molecule has 0 saturated carbocycles. The van der Waals surface area contributed by atoms with Gasteiger partial charge in [-0.25, -0.2) is 13.8 Å². The fourth-order valence-electron chi connectivity index (χ4n) is 2.23. The van der Waals surface area contributed by atoms with Gasteiger partial charge >= 0.3 is 0 Å². The Morgan fingerprint density at radius 1 is 1.27 bits per heavy atom. The van der Waals surface area contributed by atoms with E-state index in [1.165, 1.54) is 6.07 Å². The molecule has 0 aliphatic rings. The molecule has 2 rings (SSSR count). The van der Waals surface area contributed by atoms with Crippen LogP contribution in [0.2, 0.25) is 0 Å². The van der Waals surface area contributed by atoms with Crippen molar-refractivity contribution in [2.45, 2.75) is 39.7 Å². The standard InChI is InChI=1S/C18H24F2N4O.HI/c1-4-21-18(23-11-14-10-16(12(2)3)24-25-14)22-9-8-13-6-5-7-15(19)17(13)20;/h5-7,10,12H,4,8-9,11H2,1-3H3,(H2,21,22,23);1H.